The number of carbonyl (C=O) groups is 1. The van der Waals surface area contributed by atoms with Crippen LogP contribution >= 0.6 is 0 Å². The number of hydrogen-bond acceptors (Lipinski definition) is 6. The minimum atomic E-state index is -4.43. The van der Waals surface area contributed by atoms with Crippen LogP contribution in [0.3, 0.4) is 0 Å². The molecule has 1 atom stereocenters. The number of aromatic amines is 1. The summed E-state index contributed by atoms with van der Waals surface area (Å²) in [7, 11) is -6.41. The van der Waals surface area contributed by atoms with Gasteiger partial charge in [0.1, 0.15) is 0 Å². The van der Waals surface area contributed by atoms with Crippen LogP contribution in [0.1, 0.15) is 32.0 Å². The van der Waals surface area contributed by atoms with Gasteiger partial charge in [0.2, 0.25) is 5.16 Å². The largest absolute Gasteiger partial charge is 0.478 e. The van der Waals surface area contributed by atoms with Crippen molar-refractivity contribution < 1.29 is 22.5 Å². The maximum absolute atomic E-state index is 13.4. The third-order valence-electron chi connectivity index (χ3n) is 4.77. The monoisotopic (exact) mass is 517 g/mol. The van der Waals surface area contributed by atoms with Gasteiger partial charge in [-0.15, -0.1) is 0 Å². The molecule has 11 heteroatoms. The summed E-state index contributed by atoms with van der Waals surface area (Å²) < 4.78 is 40.9. The Morgan fingerprint density at radius 2 is 1.91 bits per heavy atom. The standard InChI is InChI=1S/C22H21N3O6S2.C2H6/c1-4-7-16(21(27)28)12-14(2)33(30,31)25-19-9-6-5-8-17(19)24-22(25)32(29)13-18-15(3)20(26)10-11-23-18;1-2/h4-12H,2,13H2,1,3H3,(H,23,26)(H,27,28);1-2H3/b7-4-,16-12+;. The number of imidazole rings is 1. The summed E-state index contributed by atoms with van der Waals surface area (Å²) in [4.78, 5) is 30.0. The summed E-state index contributed by atoms with van der Waals surface area (Å²) in [5, 5.41) is 9.06. The lowest BCUT2D eigenvalue weighted by atomic mass is 10.2. The second kappa shape index (κ2) is 11.7. The fourth-order valence-corrected chi connectivity index (χ4v) is 5.92. The van der Waals surface area contributed by atoms with Gasteiger partial charge in [-0.2, -0.15) is 0 Å². The van der Waals surface area contributed by atoms with Gasteiger partial charge in [-0.05, 0) is 32.1 Å². The van der Waals surface area contributed by atoms with E-state index in [1.165, 1.54) is 30.5 Å². The Morgan fingerprint density at radius 3 is 2.54 bits per heavy atom. The molecule has 0 aliphatic heterocycles. The van der Waals surface area contributed by atoms with E-state index in [-0.39, 0.29) is 32.9 Å². The fraction of sp³-hybridized carbons (Fsp3) is 0.208. The molecule has 0 saturated carbocycles. The predicted octanol–water partition coefficient (Wildman–Crippen LogP) is 3.65. The smallest absolute Gasteiger partial charge is 0.335 e. The number of nitrogens with zero attached hydrogens (tertiary/aromatic N) is 2. The summed E-state index contributed by atoms with van der Waals surface area (Å²) in [6, 6.07) is 7.66. The van der Waals surface area contributed by atoms with E-state index >= 15 is 0 Å². The lowest BCUT2D eigenvalue weighted by molar-refractivity contribution is -0.132. The van der Waals surface area contributed by atoms with Gasteiger partial charge in [0.25, 0.3) is 10.0 Å². The maximum atomic E-state index is 13.4. The molecule has 0 aliphatic rings. The zero-order valence-electron chi connectivity index (χ0n) is 19.8. The highest BCUT2D eigenvalue weighted by molar-refractivity contribution is 7.94. The number of para-hydroxylation sites is 2. The zero-order valence-corrected chi connectivity index (χ0v) is 21.4. The number of nitrogens with one attached hydrogen (secondary N) is 1. The Hall–Kier alpha value is -3.57. The van der Waals surface area contributed by atoms with Crippen LogP contribution in [-0.2, 0) is 31.4 Å². The third-order valence-corrected chi connectivity index (χ3v) is 7.74. The normalized spacial score (nSPS) is 12.9. The molecule has 2 aromatic heterocycles. The highest BCUT2D eigenvalue weighted by Gasteiger charge is 2.28. The molecule has 35 heavy (non-hydrogen) atoms. The lowest BCUT2D eigenvalue weighted by Crippen LogP contribution is -2.19. The van der Waals surface area contributed by atoms with E-state index in [2.05, 4.69) is 16.5 Å². The highest BCUT2D eigenvalue weighted by Crippen LogP contribution is 2.26. The minimum absolute atomic E-state index is 0.164. The van der Waals surface area contributed by atoms with Gasteiger partial charge < -0.3 is 10.1 Å². The molecule has 0 spiro atoms. The lowest BCUT2D eigenvalue weighted by Gasteiger charge is -2.11. The van der Waals surface area contributed by atoms with Crippen molar-refractivity contribution in [2.45, 2.75) is 38.6 Å². The molecule has 0 amide bonds. The molecule has 0 radical (unpaired) electrons. The second-order valence-electron chi connectivity index (χ2n) is 6.96. The molecule has 1 aromatic carbocycles. The van der Waals surface area contributed by atoms with Gasteiger partial charge in [-0.1, -0.05) is 44.7 Å². The number of benzene rings is 1. The SMILES string of the molecule is C=C(/C=C(\C=C/C)C(=O)O)S(=O)(=O)n1c(S(=O)Cc2[nH]ccc(=O)c2C)nc2ccccc21.CC. The predicted molar refractivity (Wildman–Crippen MR) is 137 cm³/mol. The molecule has 1 unspecified atom stereocenters. The number of H-pyrrole nitrogens is 1. The average Bonchev–Trinajstić information content (AvgIpc) is 3.23. The van der Waals surface area contributed by atoms with Crippen molar-refractivity contribution in [3.05, 3.63) is 93.3 Å². The maximum Gasteiger partial charge on any atom is 0.335 e. The Morgan fingerprint density at radius 1 is 1.26 bits per heavy atom. The van der Waals surface area contributed by atoms with Crippen molar-refractivity contribution in [3.8, 4) is 0 Å². The molecule has 0 aliphatic carbocycles. The first-order chi connectivity index (χ1) is 16.6. The molecule has 0 saturated heterocycles. The van der Waals surface area contributed by atoms with Crippen LogP contribution in [0.15, 0.2) is 81.8 Å². The van der Waals surface area contributed by atoms with Crippen LogP contribution in [0.4, 0.5) is 0 Å². The van der Waals surface area contributed by atoms with E-state index in [9.17, 15) is 27.3 Å². The molecular weight excluding hydrogens is 490 g/mol. The van der Waals surface area contributed by atoms with E-state index in [0.717, 1.165) is 10.0 Å². The van der Waals surface area contributed by atoms with E-state index in [1.807, 2.05) is 13.8 Å². The zero-order chi connectivity index (χ0) is 26.3. The van der Waals surface area contributed by atoms with Crippen LogP contribution in [0.5, 0.6) is 0 Å². The van der Waals surface area contributed by atoms with Crippen LogP contribution in [-0.4, -0.2) is 37.6 Å². The van der Waals surface area contributed by atoms with Crippen LogP contribution in [0.25, 0.3) is 11.0 Å². The van der Waals surface area contributed by atoms with Gasteiger partial charge in [0, 0.05) is 23.5 Å². The molecule has 186 valence electrons. The topological polar surface area (TPSA) is 139 Å². The van der Waals surface area contributed by atoms with Crippen molar-refractivity contribution in [1.82, 2.24) is 13.9 Å². The van der Waals surface area contributed by atoms with Crippen molar-refractivity contribution in [3.63, 3.8) is 0 Å². The summed E-state index contributed by atoms with van der Waals surface area (Å²) in [6.45, 7) is 10.7. The Balaban J connectivity index is 0.00000210. The van der Waals surface area contributed by atoms with Gasteiger partial charge in [-0.3, -0.25) is 9.00 Å². The van der Waals surface area contributed by atoms with E-state index in [4.69, 9.17) is 0 Å². The van der Waals surface area contributed by atoms with Crippen LogP contribution in [0, 0.1) is 6.92 Å². The molecule has 3 aromatic rings. The number of aliphatic carboxylic acids is 1. The third kappa shape index (κ3) is 5.92. The fourth-order valence-electron chi connectivity index (χ4n) is 3.03. The van der Waals surface area contributed by atoms with Gasteiger partial charge >= 0.3 is 5.97 Å². The van der Waals surface area contributed by atoms with Crippen LogP contribution < -0.4 is 5.43 Å². The number of carboxylic acid groups (broad SMARTS) is 1. The Kier molecular flexibility index (Phi) is 9.26. The Labute approximate surface area is 206 Å². The first-order valence-electron chi connectivity index (χ1n) is 10.6. The van der Waals surface area contributed by atoms with E-state index in [0.29, 0.717) is 11.3 Å². The van der Waals surface area contributed by atoms with E-state index in [1.54, 1.807) is 32.0 Å². The summed E-state index contributed by atoms with van der Waals surface area (Å²) in [6.07, 6.45) is 5.04. The number of carboxylic acids is 1. The minimum Gasteiger partial charge on any atom is -0.478 e. The number of fused-ring (bicyclic) bond motifs is 1. The van der Waals surface area contributed by atoms with Crippen LogP contribution in [0.2, 0.25) is 0 Å². The number of aromatic nitrogens is 3. The first kappa shape index (κ1) is 27.7. The summed E-state index contributed by atoms with van der Waals surface area (Å²) in [5.74, 6) is -1.51. The molecule has 0 fully saturated rings. The number of pyridine rings is 1. The van der Waals surface area contributed by atoms with Crippen molar-refractivity contribution in [2.24, 2.45) is 0 Å². The van der Waals surface area contributed by atoms with Gasteiger partial charge in [0.15, 0.2) is 5.43 Å². The van der Waals surface area contributed by atoms with Crippen molar-refractivity contribution in [1.29, 1.82) is 0 Å². The molecule has 9 nitrogen and oxygen atoms in total. The van der Waals surface area contributed by atoms with Crippen molar-refractivity contribution >= 4 is 37.8 Å². The number of hydrogen-bond donors (Lipinski definition) is 2. The highest BCUT2D eigenvalue weighted by atomic mass is 32.2. The molecule has 0 bridgehead atoms. The summed E-state index contributed by atoms with van der Waals surface area (Å²) >= 11 is 0. The molecule has 3 rings (SSSR count). The molecule has 2 N–H and O–H groups in total. The van der Waals surface area contributed by atoms with Gasteiger partial charge in [0.05, 0.1) is 38.1 Å². The van der Waals surface area contributed by atoms with Gasteiger partial charge in [-0.25, -0.2) is 22.2 Å². The quantitative estimate of drug-likeness (QED) is 0.343. The number of allylic oxidation sites excluding steroid dienone is 2. The van der Waals surface area contributed by atoms with E-state index < -0.39 is 31.7 Å². The average molecular weight is 518 g/mol. The van der Waals surface area contributed by atoms with Crippen molar-refractivity contribution in [2.75, 3.05) is 0 Å². The molecular formula is C24H27N3O6S2. The number of rotatable bonds is 8. The Bertz CT molecular complexity index is 1510. The molecule has 2 heterocycles. The summed E-state index contributed by atoms with van der Waals surface area (Å²) in [5.41, 5.74) is 0.669. The first-order valence-corrected chi connectivity index (χ1v) is 13.4. The second-order valence-corrected chi connectivity index (χ2v) is 10.1.